The van der Waals surface area contributed by atoms with E-state index in [1.165, 1.54) is 5.56 Å². The Morgan fingerprint density at radius 1 is 1.10 bits per heavy atom. The van der Waals surface area contributed by atoms with Gasteiger partial charge in [-0.05, 0) is 41.8 Å². The van der Waals surface area contributed by atoms with Crippen molar-refractivity contribution >= 4 is 15.8 Å². The molecule has 2 aromatic rings. The molecule has 0 bridgehead atoms. The van der Waals surface area contributed by atoms with Crippen LogP contribution in [0.4, 0.5) is 0 Å². The highest BCUT2D eigenvalue weighted by Crippen LogP contribution is 2.33. The van der Waals surface area contributed by atoms with Crippen molar-refractivity contribution in [3.8, 4) is 11.5 Å². The van der Waals surface area contributed by atoms with Gasteiger partial charge in [0.05, 0.1) is 24.9 Å². The summed E-state index contributed by atoms with van der Waals surface area (Å²) in [7, 11) is 1.64. The van der Waals surface area contributed by atoms with Crippen molar-refractivity contribution in [3.63, 3.8) is 0 Å². The lowest BCUT2D eigenvalue weighted by Gasteiger charge is -2.32. The highest BCUT2D eigenvalue weighted by atomic mass is 32.2. The third-order valence-corrected chi connectivity index (χ3v) is 6.72. The molecule has 1 aliphatic heterocycles. The Morgan fingerprint density at radius 2 is 1.76 bits per heavy atom. The lowest BCUT2D eigenvalue weighted by atomic mass is 9.99. The van der Waals surface area contributed by atoms with E-state index < -0.39 is 9.84 Å². The second-order valence-electron chi connectivity index (χ2n) is 6.75. The van der Waals surface area contributed by atoms with Gasteiger partial charge in [-0.15, -0.1) is 0 Å². The van der Waals surface area contributed by atoms with Crippen LogP contribution in [0.5, 0.6) is 11.5 Å². The largest absolute Gasteiger partial charge is 0.493 e. The maximum atomic E-state index is 12.5. The number of rotatable bonds is 6. The Morgan fingerprint density at radius 3 is 2.38 bits per heavy atom. The van der Waals surface area contributed by atoms with E-state index in [0.717, 1.165) is 24.3 Å². The number of guanidine groups is 1. The van der Waals surface area contributed by atoms with Gasteiger partial charge in [-0.1, -0.05) is 18.2 Å². The van der Waals surface area contributed by atoms with Crippen molar-refractivity contribution in [2.24, 2.45) is 4.99 Å². The number of fused-ring (bicyclic) bond motifs is 1. The number of hydrogen-bond acceptors (Lipinski definition) is 5. The Hall–Kier alpha value is -2.74. The third-order valence-electron chi connectivity index (χ3n) is 4.99. The summed E-state index contributed by atoms with van der Waals surface area (Å²) in [5, 5.41) is 3.19. The smallest absolute Gasteiger partial charge is 0.193 e. The van der Waals surface area contributed by atoms with E-state index in [0.29, 0.717) is 29.7 Å². The Kier molecular flexibility index (Phi) is 6.64. The highest BCUT2D eigenvalue weighted by Gasteiger charge is 2.22. The van der Waals surface area contributed by atoms with E-state index in [2.05, 4.69) is 15.2 Å². The molecule has 0 aromatic heterocycles. The van der Waals surface area contributed by atoms with Crippen LogP contribution in [-0.2, 0) is 22.8 Å². The zero-order valence-corrected chi connectivity index (χ0v) is 17.8. The van der Waals surface area contributed by atoms with Gasteiger partial charge in [0.15, 0.2) is 27.3 Å². The van der Waals surface area contributed by atoms with Crippen LogP contribution >= 0.6 is 0 Å². The Labute approximate surface area is 172 Å². The van der Waals surface area contributed by atoms with Crippen molar-refractivity contribution in [2.45, 2.75) is 17.9 Å². The molecule has 29 heavy (non-hydrogen) atoms. The molecule has 1 N–H and O–H groups in total. The van der Waals surface area contributed by atoms with Crippen molar-refractivity contribution < 1.29 is 17.9 Å². The molecule has 156 valence electrons. The maximum absolute atomic E-state index is 12.5. The maximum Gasteiger partial charge on any atom is 0.193 e. The van der Waals surface area contributed by atoms with Gasteiger partial charge in [0.1, 0.15) is 0 Å². The molecule has 3 rings (SSSR count). The number of methoxy groups -OCH3 is 2. The van der Waals surface area contributed by atoms with Crippen LogP contribution in [0.2, 0.25) is 0 Å². The molecular formula is C21H27N3O4S. The summed E-state index contributed by atoms with van der Waals surface area (Å²) in [5.74, 6) is 2.12. The molecule has 0 aliphatic carbocycles. The number of sulfone groups is 1. The number of ether oxygens (including phenoxy) is 2. The van der Waals surface area contributed by atoms with Gasteiger partial charge in [-0.3, -0.25) is 4.99 Å². The van der Waals surface area contributed by atoms with Crippen molar-refractivity contribution in [1.29, 1.82) is 0 Å². The van der Waals surface area contributed by atoms with Gasteiger partial charge in [0.25, 0.3) is 0 Å². The summed E-state index contributed by atoms with van der Waals surface area (Å²) in [6, 6.07) is 12.5. The zero-order chi connectivity index (χ0) is 20.9. The van der Waals surface area contributed by atoms with Gasteiger partial charge in [-0.25, -0.2) is 8.42 Å². The van der Waals surface area contributed by atoms with E-state index in [4.69, 9.17) is 9.47 Å². The number of nitrogens with zero attached hydrogens (tertiary/aromatic N) is 2. The summed E-state index contributed by atoms with van der Waals surface area (Å²) in [6.07, 6.45) is 0.846. The molecule has 0 saturated carbocycles. The van der Waals surface area contributed by atoms with E-state index >= 15 is 0 Å². The molecule has 7 nitrogen and oxygen atoms in total. The summed E-state index contributed by atoms with van der Waals surface area (Å²) in [6.45, 7) is 1.74. The first-order chi connectivity index (χ1) is 14.0. The second kappa shape index (κ2) is 9.17. The van der Waals surface area contributed by atoms with Gasteiger partial charge < -0.3 is 19.7 Å². The predicted molar refractivity (Wildman–Crippen MR) is 114 cm³/mol. The van der Waals surface area contributed by atoms with Gasteiger partial charge in [0.2, 0.25) is 0 Å². The molecular weight excluding hydrogens is 390 g/mol. The molecule has 0 amide bonds. The molecule has 0 saturated heterocycles. The molecule has 0 fully saturated rings. The van der Waals surface area contributed by atoms with Crippen LogP contribution in [0, 0.1) is 0 Å². The number of nitrogens with one attached hydrogen (secondary N) is 1. The van der Waals surface area contributed by atoms with Gasteiger partial charge in [0, 0.05) is 26.7 Å². The molecule has 8 heteroatoms. The molecule has 0 spiro atoms. The fourth-order valence-electron chi connectivity index (χ4n) is 3.44. The first kappa shape index (κ1) is 21.0. The fraction of sp³-hybridized carbons (Fsp3) is 0.381. The first-order valence-electron chi connectivity index (χ1n) is 9.45. The van der Waals surface area contributed by atoms with Crippen LogP contribution < -0.4 is 14.8 Å². The normalized spacial score (nSPS) is 14.3. The van der Waals surface area contributed by atoms with Crippen molar-refractivity contribution in [2.75, 3.05) is 40.1 Å². The monoisotopic (exact) mass is 417 g/mol. The van der Waals surface area contributed by atoms with E-state index in [1.807, 2.05) is 12.1 Å². The summed E-state index contributed by atoms with van der Waals surface area (Å²) in [4.78, 5) is 6.79. The average Bonchev–Trinajstić information content (AvgIpc) is 2.76. The lowest BCUT2D eigenvalue weighted by molar-refractivity contribution is 0.346. The molecule has 0 atom stereocenters. The molecule has 0 unspecified atom stereocenters. The van der Waals surface area contributed by atoms with Crippen molar-refractivity contribution in [3.05, 3.63) is 53.6 Å². The van der Waals surface area contributed by atoms with E-state index in [1.54, 1.807) is 51.6 Å². The summed E-state index contributed by atoms with van der Waals surface area (Å²) >= 11 is 0. The number of aliphatic imine (C=N–C) groups is 1. The molecule has 2 aromatic carbocycles. The third kappa shape index (κ3) is 4.82. The summed E-state index contributed by atoms with van der Waals surface area (Å²) < 4.78 is 35.7. The highest BCUT2D eigenvalue weighted by molar-refractivity contribution is 7.91. The van der Waals surface area contributed by atoms with Gasteiger partial charge >= 0.3 is 0 Å². The minimum absolute atomic E-state index is 0.00544. The number of benzene rings is 2. The van der Waals surface area contributed by atoms with Gasteiger partial charge in [-0.2, -0.15) is 0 Å². The first-order valence-corrected chi connectivity index (χ1v) is 11.1. The predicted octanol–water partition coefficient (Wildman–Crippen LogP) is 2.11. The SMILES string of the molecule is CN=C(NCCS(=O)(=O)c1ccccc1)N1CCc2cc(OC)c(OC)cc2C1. The van der Waals surface area contributed by atoms with Crippen LogP contribution in [0.15, 0.2) is 52.4 Å². The van der Waals surface area contributed by atoms with Crippen LogP contribution in [0.3, 0.4) is 0 Å². The lowest BCUT2D eigenvalue weighted by Crippen LogP contribution is -2.45. The average molecular weight is 418 g/mol. The Bertz CT molecular complexity index is 975. The fourth-order valence-corrected chi connectivity index (χ4v) is 4.62. The minimum Gasteiger partial charge on any atom is -0.493 e. The molecule has 1 heterocycles. The number of hydrogen-bond donors (Lipinski definition) is 1. The quantitative estimate of drug-likeness (QED) is 0.573. The van der Waals surface area contributed by atoms with E-state index in [-0.39, 0.29) is 5.75 Å². The van der Waals surface area contributed by atoms with Crippen LogP contribution in [0.1, 0.15) is 11.1 Å². The van der Waals surface area contributed by atoms with Crippen LogP contribution in [0.25, 0.3) is 0 Å². The minimum atomic E-state index is -3.33. The van der Waals surface area contributed by atoms with Crippen LogP contribution in [-0.4, -0.2) is 59.4 Å². The van der Waals surface area contributed by atoms with E-state index in [9.17, 15) is 8.42 Å². The molecule has 0 radical (unpaired) electrons. The van der Waals surface area contributed by atoms with Crippen molar-refractivity contribution in [1.82, 2.24) is 10.2 Å². The topological polar surface area (TPSA) is 80.2 Å². The zero-order valence-electron chi connectivity index (χ0n) is 17.0. The molecule has 1 aliphatic rings. The summed E-state index contributed by atoms with van der Waals surface area (Å²) in [5.41, 5.74) is 2.37. The standard InChI is InChI=1S/C21H27N3O4S/c1-22-21(23-10-12-29(25,26)18-7-5-4-6-8-18)24-11-9-16-13-19(27-2)20(28-3)14-17(16)15-24/h4-8,13-14H,9-12,15H2,1-3H3,(H,22,23). The Balaban J connectivity index is 1.65. The second-order valence-corrected chi connectivity index (χ2v) is 8.86.